The highest BCUT2D eigenvalue weighted by Crippen LogP contribution is 2.48. The Morgan fingerprint density at radius 2 is 1.77 bits per heavy atom. The van der Waals surface area contributed by atoms with Crippen molar-refractivity contribution in [1.82, 2.24) is 20.0 Å². The summed E-state index contributed by atoms with van der Waals surface area (Å²) >= 11 is 0. The highest BCUT2D eigenvalue weighted by atomic mass is 16.6. The van der Waals surface area contributed by atoms with Crippen molar-refractivity contribution in [3.8, 4) is 16.9 Å². The lowest BCUT2D eigenvalue weighted by molar-refractivity contribution is -0.385. The molecule has 0 radical (unpaired) electrons. The maximum absolute atomic E-state index is 12.6. The summed E-state index contributed by atoms with van der Waals surface area (Å²) in [6.45, 7) is 5.32. The van der Waals surface area contributed by atoms with Gasteiger partial charge in [-0.15, -0.1) is 0 Å². The Labute approximate surface area is 251 Å². The second-order valence-electron chi connectivity index (χ2n) is 12.1. The van der Waals surface area contributed by atoms with Crippen LogP contribution in [-0.4, -0.2) is 83.4 Å². The van der Waals surface area contributed by atoms with E-state index < -0.39 is 4.92 Å². The Balaban J connectivity index is 1.02. The van der Waals surface area contributed by atoms with E-state index in [1.807, 2.05) is 41.3 Å². The SMILES string of the molecule is COc1cc(N2CCC3(CCC(N4CCN(C(=O)OCc5ccccc5)CC4)CC3)CC2)c(-c2cn[nH]c2)cc1[N+](=O)[O-]. The van der Waals surface area contributed by atoms with E-state index in [9.17, 15) is 14.9 Å². The summed E-state index contributed by atoms with van der Waals surface area (Å²) in [4.78, 5) is 30.7. The van der Waals surface area contributed by atoms with Gasteiger partial charge in [-0.25, -0.2) is 4.79 Å². The van der Waals surface area contributed by atoms with Crippen LogP contribution in [0.2, 0.25) is 0 Å². The summed E-state index contributed by atoms with van der Waals surface area (Å²) in [5, 5.41) is 18.6. The molecule has 11 heteroatoms. The number of aromatic nitrogens is 2. The molecule has 1 aromatic heterocycles. The lowest BCUT2D eigenvalue weighted by atomic mass is 9.66. The lowest BCUT2D eigenvalue weighted by Crippen LogP contribution is -2.53. The van der Waals surface area contributed by atoms with Crippen molar-refractivity contribution in [3.05, 3.63) is 70.5 Å². The van der Waals surface area contributed by atoms with Crippen molar-refractivity contribution in [3.63, 3.8) is 0 Å². The number of carbonyl (C=O) groups excluding carboxylic acids is 1. The third-order valence-electron chi connectivity index (χ3n) is 9.78. The van der Waals surface area contributed by atoms with Crippen molar-refractivity contribution in [1.29, 1.82) is 0 Å². The number of rotatable bonds is 7. The van der Waals surface area contributed by atoms with Crippen molar-refractivity contribution in [2.45, 2.75) is 51.2 Å². The average Bonchev–Trinajstić information content (AvgIpc) is 3.59. The van der Waals surface area contributed by atoms with E-state index in [1.165, 1.54) is 32.8 Å². The molecule has 0 atom stereocenters. The second kappa shape index (κ2) is 12.6. The molecule has 3 heterocycles. The van der Waals surface area contributed by atoms with Gasteiger partial charge in [0.1, 0.15) is 6.61 Å². The first kappa shape index (κ1) is 29.0. The van der Waals surface area contributed by atoms with Gasteiger partial charge in [-0.2, -0.15) is 5.10 Å². The average molecular weight is 589 g/mol. The Kier molecular flexibility index (Phi) is 8.51. The van der Waals surface area contributed by atoms with Crippen LogP contribution >= 0.6 is 0 Å². The van der Waals surface area contributed by atoms with Crippen LogP contribution < -0.4 is 9.64 Å². The summed E-state index contributed by atoms with van der Waals surface area (Å²) < 4.78 is 11.0. The van der Waals surface area contributed by atoms with Gasteiger partial charge in [0, 0.05) is 80.5 Å². The molecule has 1 amide bonds. The van der Waals surface area contributed by atoms with Gasteiger partial charge >= 0.3 is 11.8 Å². The molecule has 3 fully saturated rings. The number of aromatic amines is 1. The van der Waals surface area contributed by atoms with E-state index in [4.69, 9.17) is 9.47 Å². The minimum Gasteiger partial charge on any atom is -0.490 e. The highest BCUT2D eigenvalue weighted by Gasteiger charge is 2.40. The molecule has 2 aromatic carbocycles. The van der Waals surface area contributed by atoms with Gasteiger partial charge in [-0.3, -0.25) is 20.1 Å². The predicted molar refractivity (Wildman–Crippen MR) is 163 cm³/mol. The van der Waals surface area contributed by atoms with Crippen LogP contribution in [0.15, 0.2) is 54.9 Å². The standard InChI is InChI=1S/C32H40N6O5/c1-42-30-20-28(27(19-29(30)38(40)41)25-21-33-34-22-25)36-13-11-32(12-14-36)9-7-26(8-10-32)35-15-17-37(18-16-35)31(39)43-23-24-5-3-2-4-6-24/h2-6,19-22,26H,7-18,23H2,1H3,(H,33,34). The molecule has 0 unspecified atom stereocenters. The zero-order valence-electron chi connectivity index (χ0n) is 24.7. The highest BCUT2D eigenvalue weighted by molar-refractivity contribution is 5.82. The van der Waals surface area contributed by atoms with Crippen LogP contribution in [0.3, 0.4) is 0 Å². The van der Waals surface area contributed by atoms with E-state index in [0.29, 0.717) is 31.2 Å². The fraction of sp³-hybridized carbons (Fsp3) is 0.500. The number of methoxy groups -OCH3 is 1. The topological polar surface area (TPSA) is 117 Å². The largest absolute Gasteiger partial charge is 0.490 e. The van der Waals surface area contributed by atoms with Crippen LogP contribution in [0.1, 0.15) is 44.1 Å². The molecule has 1 saturated carbocycles. The Bertz CT molecular complexity index is 1390. The number of hydrogen-bond acceptors (Lipinski definition) is 8. The zero-order valence-corrected chi connectivity index (χ0v) is 24.7. The second-order valence-corrected chi connectivity index (χ2v) is 12.1. The minimum absolute atomic E-state index is 0.0424. The Morgan fingerprint density at radius 3 is 2.40 bits per heavy atom. The fourth-order valence-electron chi connectivity index (χ4n) is 7.14. The molecule has 3 aromatic rings. The van der Waals surface area contributed by atoms with Crippen LogP contribution in [-0.2, 0) is 11.3 Å². The third kappa shape index (κ3) is 6.31. The van der Waals surface area contributed by atoms with Gasteiger partial charge in [0.05, 0.1) is 18.2 Å². The van der Waals surface area contributed by atoms with Crippen molar-refractivity contribution in [2.24, 2.45) is 5.41 Å². The van der Waals surface area contributed by atoms with E-state index in [1.54, 1.807) is 18.5 Å². The molecule has 6 rings (SSSR count). The number of nitrogens with zero attached hydrogens (tertiary/aromatic N) is 5. The molecule has 11 nitrogen and oxygen atoms in total. The van der Waals surface area contributed by atoms with Gasteiger partial charge in [-0.1, -0.05) is 30.3 Å². The number of ether oxygens (including phenoxy) is 2. The van der Waals surface area contributed by atoms with Crippen molar-refractivity contribution < 1.29 is 19.2 Å². The molecule has 1 N–H and O–H groups in total. The van der Waals surface area contributed by atoms with Crippen LogP contribution in [0, 0.1) is 15.5 Å². The summed E-state index contributed by atoms with van der Waals surface area (Å²) in [6.07, 6.45) is 10.2. The monoisotopic (exact) mass is 588 g/mol. The number of H-pyrrole nitrogens is 1. The number of carbonyl (C=O) groups is 1. The van der Waals surface area contributed by atoms with Crippen molar-refractivity contribution >= 4 is 17.5 Å². The molecule has 2 saturated heterocycles. The number of piperidine rings is 1. The van der Waals surface area contributed by atoms with Gasteiger partial charge in [0.2, 0.25) is 0 Å². The molecule has 3 aliphatic rings. The number of hydrogen-bond donors (Lipinski definition) is 1. The first-order valence-corrected chi connectivity index (χ1v) is 15.2. The normalized spacial score (nSPS) is 19.4. The molecular formula is C32H40N6O5. The smallest absolute Gasteiger partial charge is 0.410 e. The number of anilines is 1. The molecular weight excluding hydrogens is 548 g/mol. The van der Waals surface area contributed by atoms with Gasteiger partial charge < -0.3 is 19.3 Å². The number of nitrogens with one attached hydrogen (secondary N) is 1. The maximum Gasteiger partial charge on any atom is 0.410 e. The van der Waals surface area contributed by atoms with Crippen LogP contribution in [0.25, 0.3) is 11.1 Å². The van der Waals surface area contributed by atoms with E-state index >= 15 is 0 Å². The Hall–Kier alpha value is -4.12. The van der Waals surface area contributed by atoms with E-state index in [0.717, 1.165) is 61.4 Å². The van der Waals surface area contributed by atoms with Crippen LogP contribution in [0.4, 0.5) is 16.2 Å². The molecule has 228 valence electrons. The van der Waals surface area contributed by atoms with Crippen molar-refractivity contribution in [2.75, 3.05) is 51.3 Å². The summed E-state index contributed by atoms with van der Waals surface area (Å²) in [6, 6.07) is 13.8. The zero-order chi connectivity index (χ0) is 29.8. The Morgan fingerprint density at radius 1 is 1.05 bits per heavy atom. The number of nitro benzene ring substituents is 1. The molecule has 1 aliphatic carbocycles. The van der Waals surface area contributed by atoms with Crippen LogP contribution in [0.5, 0.6) is 5.75 Å². The summed E-state index contributed by atoms with van der Waals surface area (Å²) in [5.74, 6) is 0.276. The lowest BCUT2D eigenvalue weighted by Gasteiger charge is -2.49. The summed E-state index contributed by atoms with van der Waals surface area (Å²) in [5.41, 5.74) is 3.88. The number of nitro groups is 1. The number of benzene rings is 2. The number of piperazine rings is 1. The minimum atomic E-state index is -0.395. The quantitative estimate of drug-likeness (QED) is 0.285. The van der Waals surface area contributed by atoms with E-state index in [2.05, 4.69) is 20.0 Å². The van der Waals surface area contributed by atoms with Gasteiger partial charge in [-0.05, 0) is 49.5 Å². The molecule has 2 aliphatic heterocycles. The maximum atomic E-state index is 12.6. The van der Waals surface area contributed by atoms with Gasteiger partial charge in [0.15, 0.2) is 5.75 Å². The van der Waals surface area contributed by atoms with E-state index in [-0.39, 0.29) is 17.5 Å². The first-order chi connectivity index (χ1) is 20.9. The first-order valence-electron chi connectivity index (χ1n) is 15.2. The molecule has 43 heavy (non-hydrogen) atoms. The number of amides is 1. The predicted octanol–water partition coefficient (Wildman–Crippen LogP) is 5.48. The van der Waals surface area contributed by atoms with Gasteiger partial charge in [0.25, 0.3) is 0 Å². The fourth-order valence-corrected chi connectivity index (χ4v) is 7.14. The molecule has 1 spiro atoms. The molecule has 0 bridgehead atoms. The third-order valence-corrected chi connectivity index (χ3v) is 9.78. The summed E-state index contributed by atoms with van der Waals surface area (Å²) in [7, 11) is 1.48.